The predicted octanol–water partition coefficient (Wildman–Crippen LogP) is 2.95. The van der Waals surface area contributed by atoms with Crippen LogP contribution in [0.25, 0.3) is 21.9 Å². The van der Waals surface area contributed by atoms with Crippen molar-refractivity contribution in [1.29, 1.82) is 0 Å². The fraction of sp³-hybridized carbons (Fsp3) is 0.500. The average Bonchev–Trinajstić information content (AvgIpc) is 3.07. The van der Waals surface area contributed by atoms with Crippen LogP contribution >= 0.6 is 0 Å². The minimum atomic E-state index is 0.661. The first-order valence-corrected chi connectivity index (χ1v) is 9.61. The molecule has 8 nitrogen and oxygen atoms in total. The Morgan fingerprint density at radius 2 is 1.71 bits per heavy atom. The van der Waals surface area contributed by atoms with Gasteiger partial charge in [-0.25, -0.2) is 4.98 Å². The van der Waals surface area contributed by atoms with Crippen LogP contribution in [0.1, 0.15) is 13.8 Å². The van der Waals surface area contributed by atoms with E-state index in [9.17, 15) is 0 Å². The van der Waals surface area contributed by atoms with E-state index in [0.717, 1.165) is 53.9 Å². The van der Waals surface area contributed by atoms with Gasteiger partial charge < -0.3 is 29.6 Å². The number of fused-ring (bicyclic) bond motifs is 3. The number of ether oxygens (including phenoxy) is 2. The monoisotopic (exact) mass is 386 g/mol. The Morgan fingerprint density at radius 3 is 2.32 bits per heavy atom. The second kappa shape index (κ2) is 8.52. The van der Waals surface area contributed by atoms with Crippen LogP contribution in [0.3, 0.4) is 0 Å². The Kier molecular flexibility index (Phi) is 6.08. The highest BCUT2D eigenvalue weighted by molar-refractivity contribution is 6.09. The fourth-order valence-electron chi connectivity index (χ4n) is 3.28. The summed E-state index contributed by atoms with van der Waals surface area (Å²) >= 11 is 0. The fourth-order valence-corrected chi connectivity index (χ4v) is 3.28. The average molecular weight is 387 g/mol. The standard InChI is InChI=1S/C20H30N6O2/c1-7-26(8-2)10-9-21-19-18-17(23-20(24-19)25(3)4)13-11-15(27-5)16(28-6)12-14(13)22-18/h11-12,22H,7-10H2,1-6H3,(H,21,23,24). The Hall–Kier alpha value is -2.74. The van der Waals surface area contributed by atoms with Crippen LogP contribution < -0.4 is 19.7 Å². The molecule has 0 saturated heterocycles. The van der Waals surface area contributed by atoms with Crippen molar-refractivity contribution in [3.05, 3.63) is 12.1 Å². The molecule has 0 aliphatic heterocycles. The van der Waals surface area contributed by atoms with E-state index in [1.54, 1.807) is 14.2 Å². The SMILES string of the molecule is CCN(CC)CCNc1nc(N(C)C)nc2c1[nH]c1cc(OC)c(OC)cc12. The largest absolute Gasteiger partial charge is 0.493 e. The van der Waals surface area contributed by atoms with E-state index in [2.05, 4.69) is 29.0 Å². The Morgan fingerprint density at radius 1 is 1.04 bits per heavy atom. The van der Waals surface area contributed by atoms with Crippen LogP contribution in [-0.4, -0.2) is 74.3 Å². The summed E-state index contributed by atoms with van der Waals surface area (Å²) in [4.78, 5) is 17.2. The van der Waals surface area contributed by atoms with E-state index in [-0.39, 0.29) is 0 Å². The van der Waals surface area contributed by atoms with Gasteiger partial charge in [-0.2, -0.15) is 4.98 Å². The highest BCUT2D eigenvalue weighted by atomic mass is 16.5. The van der Waals surface area contributed by atoms with Crippen molar-refractivity contribution < 1.29 is 9.47 Å². The van der Waals surface area contributed by atoms with Gasteiger partial charge in [-0.3, -0.25) is 0 Å². The van der Waals surface area contributed by atoms with Crippen LogP contribution in [0, 0.1) is 0 Å². The van der Waals surface area contributed by atoms with Crippen molar-refractivity contribution in [2.45, 2.75) is 13.8 Å². The zero-order chi connectivity index (χ0) is 20.3. The molecule has 0 saturated carbocycles. The van der Waals surface area contributed by atoms with Gasteiger partial charge in [-0.15, -0.1) is 0 Å². The van der Waals surface area contributed by atoms with Gasteiger partial charge in [-0.1, -0.05) is 13.8 Å². The molecule has 3 rings (SSSR count). The quantitative estimate of drug-likeness (QED) is 0.585. The number of methoxy groups -OCH3 is 2. The number of hydrogen-bond acceptors (Lipinski definition) is 7. The number of nitrogens with zero attached hydrogens (tertiary/aromatic N) is 4. The van der Waals surface area contributed by atoms with Gasteiger partial charge in [0.1, 0.15) is 11.0 Å². The van der Waals surface area contributed by atoms with Gasteiger partial charge in [0.2, 0.25) is 5.95 Å². The molecule has 2 aromatic heterocycles. The molecule has 28 heavy (non-hydrogen) atoms. The highest BCUT2D eigenvalue weighted by Crippen LogP contribution is 2.37. The molecule has 0 bridgehead atoms. The van der Waals surface area contributed by atoms with Crippen LogP contribution in [0.4, 0.5) is 11.8 Å². The second-order valence-corrected chi connectivity index (χ2v) is 6.82. The van der Waals surface area contributed by atoms with Gasteiger partial charge in [0, 0.05) is 38.6 Å². The third-order valence-electron chi connectivity index (χ3n) is 4.95. The molecule has 0 amide bonds. The topological polar surface area (TPSA) is 78.5 Å². The lowest BCUT2D eigenvalue weighted by Crippen LogP contribution is -2.29. The van der Waals surface area contributed by atoms with Crippen LogP contribution in [0.15, 0.2) is 12.1 Å². The molecule has 0 aliphatic rings. The summed E-state index contributed by atoms with van der Waals surface area (Å²) in [6.07, 6.45) is 0. The van der Waals surface area contributed by atoms with E-state index >= 15 is 0 Å². The number of likely N-dealkylation sites (N-methyl/N-ethyl adjacent to an activating group) is 1. The lowest BCUT2D eigenvalue weighted by Gasteiger charge is -2.19. The summed E-state index contributed by atoms with van der Waals surface area (Å²) in [6.45, 7) is 8.18. The number of hydrogen-bond donors (Lipinski definition) is 2. The van der Waals surface area contributed by atoms with E-state index in [0.29, 0.717) is 17.4 Å². The van der Waals surface area contributed by atoms with Crippen molar-refractivity contribution in [3.8, 4) is 11.5 Å². The maximum Gasteiger partial charge on any atom is 0.227 e. The lowest BCUT2D eigenvalue weighted by atomic mass is 10.2. The Bertz CT molecular complexity index is 949. The molecule has 0 radical (unpaired) electrons. The lowest BCUT2D eigenvalue weighted by molar-refractivity contribution is 0.316. The van der Waals surface area contributed by atoms with Crippen molar-refractivity contribution in [3.63, 3.8) is 0 Å². The molecule has 152 valence electrons. The zero-order valence-corrected chi connectivity index (χ0v) is 17.6. The van der Waals surface area contributed by atoms with Gasteiger partial charge in [0.25, 0.3) is 0 Å². The van der Waals surface area contributed by atoms with Crippen molar-refractivity contribution >= 4 is 33.7 Å². The Labute approximate surface area is 165 Å². The zero-order valence-electron chi connectivity index (χ0n) is 17.6. The van der Waals surface area contributed by atoms with Crippen LogP contribution in [-0.2, 0) is 0 Å². The molecule has 8 heteroatoms. The van der Waals surface area contributed by atoms with E-state index in [4.69, 9.17) is 19.4 Å². The Balaban J connectivity index is 2.08. The number of rotatable bonds is 9. The minimum Gasteiger partial charge on any atom is -0.493 e. The summed E-state index contributed by atoms with van der Waals surface area (Å²) in [7, 11) is 7.16. The third-order valence-corrected chi connectivity index (χ3v) is 4.95. The van der Waals surface area contributed by atoms with E-state index < -0.39 is 0 Å². The summed E-state index contributed by atoms with van der Waals surface area (Å²) < 4.78 is 10.9. The normalized spacial score (nSPS) is 11.4. The number of benzene rings is 1. The molecule has 2 N–H and O–H groups in total. The number of nitrogens with one attached hydrogen (secondary N) is 2. The second-order valence-electron chi connectivity index (χ2n) is 6.82. The first-order chi connectivity index (χ1) is 13.5. The molecule has 0 atom stereocenters. The first-order valence-electron chi connectivity index (χ1n) is 9.61. The van der Waals surface area contributed by atoms with E-state index in [1.807, 2.05) is 31.1 Å². The molecule has 2 heterocycles. The molecular formula is C20H30N6O2. The van der Waals surface area contributed by atoms with Crippen LogP contribution in [0.2, 0.25) is 0 Å². The number of aromatic nitrogens is 3. The minimum absolute atomic E-state index is 0.661. The van der Waals surface area contributed by atoms with Crippen molar-refractivity contribution in [2.75, 3.05) is 64.7 Å². The van der Waals surface area contributed by atoms with Crippen molar-refractivity contribution in [2.24, 2.45) is 0 Å². The summed E-state index contributed by atoms with van der Waals surface area (Å²) in [5.41, 5.74) is 2.68. The maximum atomic E-state index is 5.47. The molecular weight excluding hydrogens is 356 g/mol. The highest BCUT2D eigenvalue weighted by Gasteiger charge is 2.17. The molecule has 0 unspecified atom stereocenters. The molecule has 0 spiro atoms. The summed E-state index contributed by atoms with van der Waals surface area (Å²) in [6, 6.07) is 3.89. The number of aromatic amines is 1. The third kappa shape index (κ3) is 3.77. The maximum absolute atomic E-state index is 5.47. The van der Waals surface area contributed by atoms with Crippen molar-refractivity contribution in [1.82, 2.24) is 19.9 Å². The molecule has 0 aliphatic carbocycles. The van der Waals surface area contributed by atoms with E-state index in [1.165, 1.54) is 0 Å². The molecule has 3 aromatic rings. The number of anilines is 2. The van der Waals surface area contributed by atoms with Gasteiger partial charge in [-0.05, 0) is 19.2 Å². The summed E-state index contributed by atoms with van der Waals surface area (Å²) in [5, 5.41) is 4.46. The smallest absolute Gasteiger partial charge is 0.227 e. The van der Waals surface area contributed by atoms with Crippen LogP contribution in [0.5, 0.6) is 11.5 Å². The predicted molar refractivity (Wildman–Crippen MR) is 115 cm³/mol. The molecule has 1 aromatic carbocycles. The number of H-pyrrole nitrogens is 1. The first kappa shape index (κ1) is 20.0. The van der Waals surface area contributed by atoms with Gasteiger partial charge >= 0.3 is 0 Å². The van der Waals surface area contributed by atoms with Gasteiger partial charge in [0.05, 0.1) is 19.7 Å². The summed E-state index contributed by atoms with van der Waals surface area (Å²) in [5.74, 6) is 2.82. The van der Waals surface area contributed by atoms with Gasteiger partial charge in [0.15, 0.2) is 17.3 Å². The molecule has 0 fully saturated rings.